The Kier molecular flexibility index (Phi) is 3.96. The number of fused-ring (bicyclic) bond motifs is 2. The number of anilines is 1. The van der Waals surface area contributed by atoms with E-state index in [1.54, 1.807) is 12.1 Å². The average molecular weight is 340 g/mol. The summed E-state index contributed by atoms with van der Waals surface area (Å²) in [7, 11) is 1.53. The largest absolute Gasteiger partial charge is 0.497 e. The van der Waals surface area contributed by atoms with Crippen LogP contribution in [0.2, 0.25) is 0 Å². The molecule has 0 aromatic heterocycles. The lowest BCUT2D eigenvalue weighted by molar-refractivity contribution is -0.122. The van der Waals surface area contributed by atoms with Crippen LogP contribution in [-0.4, -0.2) is 31.0 Å². The lowest BCUT2D eigenvalue weighted by Crippen LogP contribution is -2.49. The Bertz CT molecular complexity index is 823. The molecule has 2 aromatic rings. The molecule has 130 valence electrons. The summed E-state index contributed by atoms with van der Waals surface area (Å²) in [4.78, 5) is 14.9. The molecule has 0 saturated carbocycles. The predicted octanol–water partition coefficient (Wildman–Crippen LogP) is 3.32. The summed E-state index contributed by atoms with van der Waals surface area (Å²) in [5.74, 6) is 0.310. The highest BCUT2D eigenvalue weighted by Crippen LogP contribution is 2.43. The molecule has 1 spiro atoms. The van der Waals surface area contributed by atoms with Crippen molar-refractivity contribution >= 4 is 11.6 Å². The van der Waals surface area contributed by atoms with E-state index >= 15 is 0 Å². The Labute approximate surface area is 146 Å². The van der Waals surface area contributed by atoms with Crippen LogP contribution >= 0.6 is 0 Å². The molecule has 2 aromatic carbocycles. The van der Waals surface area contributed by atoms with Crippen molar-refractivity contribution in [2.45, 2.75) is 24.8 Å². The lowest BCUT2D eigenvalue weighted by atomic mass is 9.75. The maximum Gasteiger partial charge on any atom is 0.236 e. The van der Waals surface area contributed by atoms with Gasteiger partial charge in [-0.05, 0) is 37.1 Å². The molecule has 0 bridgehead atoms. The van der Waals surface area contributed by atoms with Gasteiger partial charge in [0.1, 0.15) is 11.6 Å². The average Bonchev–Trinajstić information content (AvgIpc) is 2.89. The number of piperidine rings is 1. The number of nitrogens with zero attached hydrogens (tertiary/aromatic N) is 1. The van der Waals surface area contributed by atoms with Gasteiger partial charge < -0.3 is 10.1 Å². The fourth-order valence-electron chi connectivity index (χ4n) is 4.08. The van der Waals surface area contributed by atoms with E-state index in [4.69, 9.17) is 4.74 Å². The fraction of sp³-hybridized carbons (Fsp3) is 0.350. The van der Waals surface area contributed by atoms with Gasteiger partial charge in [0.15, 0.2) is 0 Å². The van der Waals surface area contributed by atoms with E-state index in [1.165, 1.54) is 13.2 Å². The van der Waals surface area contributed by atoms with Gasteiger partial charge in [0.05, 0.1) is 12.5 Å². The standard InChI is InChI=1S/C20H21FN2O2/c1-25-15-8-7-14(17(21)11-15)12-23-10-4-9-20(13-23)16-5-2-3-6-18(16)22-19(20)24/h2-3,5-8,11H,4,9-10,12-13H2,1H3,(H,22,24)/t20-/m1/s1. The SMILES string of the molecule is COc1ccc(CN2CCC[C@]3(C2)C(=O)Nc2ccccc23)c(F)c1. The second-order valence-electron chi connectivity index (χ2n) is 6.85. The molecule has 5 heteroatoms. The number of halogens is 1. The molecule has 4 nitrogen and oxygen atoms in total. The molecular weight excluding hydrogens is 319 g/mol. The summed E-state index contributed by atoms with van der Waals surface area (Å²) in [6, 6.07) is 12.8. The molecule has 4 rings (SSSR count). The van der Waals surface area contributed by atoms with Crippen molar-refractivity contribution in [2.24, 2.45) is 0 Å². The van der Waals surface area contributed by atoms with E-state index in [0.29, 0.717) is 24.4 Å². The molecule has 2 aliphatic rings. The van der Waals surface area contributed by atoms with Crippen molar-refractivity contribution < 1.29 is 13.9 Å². The molecule has 1 atom stereocenters. The minimum atomic E-state index is -0.516. The molecule has 0 unspecified atom stereocenters. The van der Waals surface area contributed by atoms with Crippen LogP contribution in [0.5, 0.6) is 5.75 Å². The van der Waals surface area contributed by atoms with E-state index in [9.17, 15) is 9.18 Å². The molecule has 1 amide bonds. The summed E-state index contributed by atoms with van der Waals surface area (Å²) >= 11 is 0. The Hall–Kier alpha value is -2.40. The number of rotatable bonds is 3. The molecule has 25 heavy (non-hydrogen) atoms. The first kappa shape index (κ1) is 16.1. The Morgan fingerprint density at radius 1 is 1.28 bits per heavy atom. The second kappa shape index (κ2) is 6.15. The third kappa shape index (κ3) is 2.68. The lowest BCUT2D eigenvalue weighted by Gasteiger charge is -2.39. The normalized spacial score (nSPS) is 22.7. The molecule has 1 saturated heterocycles. The second-order valence-corrected chi connectivity index (χ2v) is 6.85. The zero-order chi connectivity index (χ0) is 17.4. The first-order valence-corrected chi connectivity index (χ1v) is 8.58. The number of hydrogen-bond acceptors (Lipinski definition) is 3. The van der Waals surface area contributed by atoms with Gasteiger partial charge in [-0.2, -0.15) is 0 Å². The highest BCUT2D eigenvalue weighted by molar-refractivity contribution is 6.06. The minimum Gasteiger partial charge on any atom is -0.497 e. The number of carbonyl (C=O) groups excluding carboxylic acids is 1. The van der Waals surface area contributed by atoms with Crippen LogP contribution in [0.25, 0.3) is 0 Å². The van der Waals surface area contributed by atoms with Gasteiger partial charge in [-0.1, -0.05) is 24.3 Å². The predicted molar refractivity (Wildman–Crippen MR) is 94.2 cm³/mol. The number of methoxy groups -OCH3 is 1. The molecule has 2 aliphatic heterocycles. The van der Waals surface area contributed by atoms with E-state index < -0.39 is 5.41 Å². The number of likely N-dealkylation sites (tertiary alicyclic amines) is 1. The number of benzene rings is 2. The summed E-state index contributed by atoms with van der Waals surface area (Å²) in [6.45, 7) is 1.97. The third-order valence-electron chi connectivity index (χ3n) is 5.35. The number of nitrogens with one attached hydrogen (secondary N) is 1. The van der Waals surface area contributed by atoms with E-state index in [1.807, 2.05) is 24.3 Å². The van der Waals surface area contributed by atoms with Crippen molar-refractivity contribution in [2.75, 3.05) is 25.5 Å². The number of ether oxygens (including phenoxy) is 1. The van der Waals surface area contributed by atoms with Crippen LogP contribution in [-0.2, 0) is 16.8 Å². The topological polar surface area (TPSA) is 41.6 Å². The van der Waals surface area contributed by atoms with Gasteiger partial charge in [0, 0.05) is 30.4 Å². The van der Waals surface area contributed by atoms with Crippen molar-refractivity contribution in [3.05, 3.63) is 59.4 Å². The number of para-hydroxylation sites is 1. The van der Waals surface area contributed by atoms with Crippen LogP contribution in [0.3, 0.4) is 0 Å². The highest BCUT2D eigenvalue weighted by Gasteiger charge is 2.48. The monoisotopic (exact) mass is 340 g/mol. The van der Waals surface area contributed by atoms with E-state index in [2.05, 4.69) is 10.2 Å². The zero-order valence-corrected chi connectivity index (χ0v) is 14.2. The Morgan fingerprint density at radius 2 is 2.12 bits per heavy atom. The van der Waals surface area contributed by atoms with Crippen molar-refractivity contribution in [3.63, 3.8) is 0 Å². The number of carbonyl (C=O) groups is 1. The van der Waals surface area contributed by atoms with Crippen molar-refractivity contribution in [1.29, 1.82) is 0 Å². The fourth-order valence-corrected chi connectivity index (χ4v) is 4.08. The third-order valence-corrected chi connectivity index (χ3v) is 5.35. The maximum atomic E-state index is 14.3. The first-order chi connectivity index (χ1) is 12.1. The van der Waals surface area contributed by atoms with Gasteiger partial charge in [0.2, 0.25) is 5.91 Å². The highest BCUT2D eigenvalue weighted by atomic mass is 19.1. The van der Waals surface area contributed by atoms with Crippen LogP contribution in [0, 0.1) is 5.82 Å². The summed E-state index contributed by atoms with van der Waals surface area (Å²) in [5, 5.41) is 3.01. The molecule has 2 heterocycles. The molecular formula is C20H21FN2O2. The maximum absolute atomic E-state index is 14.3. The summed E-state index contributed by atoms with van der Waals surface area (Å²) in [6.07, 6.45) is 1.75. The first-order valence-electron chi connectivity index (χ1n) is 8.58. The summed E-state index contributed by atoms with van der Waals surface area (Å²) in [5.41, 5.74) is 2.09. The minimum absolute atomic E-state index is 0.0635. The zero-order valence-electron chi connectivity index (χ0n) is 14.2. The van der Waals surface area contributed by atoms with Crippen molar-refractivity contribution in [1.82, 2.24) is 4.90 Å². The van der Waals surface area contributed by atoms with Gasteiger partial charge in [-0.3, -0.25) is 9.69 Å². The quantitative estimate of drug-likeness (QED) is 0.932. The van der Waals surface area contributed by atoms with Gasteiger partial charge in [0.25, 0.3) is 0 Å². The molecule has 0 radical (unpaired) electrons. The van der Waals surface area contributed by atoms with Gasteiger partial charge in [-0.15, -0.1) is 0 Å². The van der Waals surface area contributed by atoms with Crippen LogP contribution < -0.4 is 10.1 Å². The van der Waals surface area contributed by atoms with Crippen LogP contribution in [0.1, 0.15) is 24.0 Å². The number of hydrogen-bond donors (Lipinski definition) is 1. The molecule has 1 N–H and O–H groups in total. The van der Waals surface area contributed by atoms with Gasteiger partial charge >= 0.3 is 0 Å². The Balaban J connectivity index is 1.59. The smallest absolute Gasteiger partial charge is 0.236 e. The van der Waals surface area contributed by atoms with Crippen LogP contribution in [0.4, 0.5) is 10.1 Å². The van der Waals surface area contributed by atoms with E-state index in [0.717, 1.165) is 30.6 Å². The Morgan fingerprint density at radius 3 is 2.92 bits per heavy atom. The van der Waals surface area contributed by atoms with Gasteiger partial charge in [-0.25, -0.2) is 4.39 Å². The summed E-state index contributed by atoms with van der Waals surface area (Å²) < 4.78 is 19.4. The van der Waals surface area contributed by atoms with Crippen molar-refractivity contribution in [3.8, 4) is 5.75 Å². The molecule has 1 fully saturated rings. The van der Waals surface area contributed by atoms with E-state index in [-0.39, 0.29) is 11.7 Å². The van der Waals surface area contributed by atoms with Crippen LogP contribution in [0.15, 0.2) is 42.5 Å². The number of amides is 1. The molecule has 0 aliphatic carbocycles.